The number of aromatic carboxylic acids is 1. The summed E-state index contributed by atoms with van der Waals surface area (Å²) in [5.41, 5.74) is 10.3. The number of benzene rings is 2. The Morgan fingerprint density at radius 1 is 1.09 bits per heavy atom. The number of carboxylic acid groups (broad SMARTS) is 1. The van der Waals surface area contributed by atoms with Crippen LogP contribution in [-0.2, 0) is 24.1 Å². The molecule has 2 aromatic heterocycles. The molecule has 2 aromatic carbocycles. The van der Waals surface area contributed by atoms with E-state index in [0.29, 0.717) is 11.9 Å². The lowest BCUT2D eigenvalue weighted by atomic mass is 9.92. The molecule has 8 heteroatoms. The van der Waals surface area contributed by atoms with E-state index in [4.69, 9.17) is 9.47 Å². The first kappa shape index (κ1) is 32.9. The van der Waals surface area contributed by atoms with Crippen molar-refractivity contribution in [1.82, 2.24) is 20.1 Å². The van der Waals surface area contributed by atoms with Crippen LogP contribution in [0.2, 0.25) is 0 Å². The zero-order chi connectivity index (χ0) is 31.6. The van der Waals surface area contributed by atoms with Crippen LogP contribution < -0.4 is 10.1 Å². The molecule has 4 aromatic rings. The summed E-state index contributed by atoms with van der Waals surface area (Å²) in [7, 11) is 1.41. The van der Waals surface area contributed by atoms with Crippen molar-refractivity contribution in [3.63, 3.8) is 0 Å². The number of hydrogen-bond donors (Lipinski definition) is 2. The van der Waals surface area contributed by atoms with Crippen LogP contribution in [0.1, 0.15) is 76.8 Å². The lowest BCUT2D eigenvalue weighted by molar-refractivity contribution is 0.0285. The lowest BCUT2D eigenvalue weighted by Crippen LogP contribution is -2.24. The Morgan fingerprint density at radius 2 is 1.89 bits per heavy atom. The molecular weight excluding hydrogens is 552 g/mol. The van der Waals surface area contributed by atoms with Gasteiger partial charge in [0.2, 0.25) is 5.88 Å². The van der Waals surface area contributed by atoms with Crippen molar-refractivity contribution < 1.29 is 19.4 Å². The van der Waals surface area contributed by atoms with Gasteiger partial charge in [0.25, 0.3) is 0 Å². The lowest BCUT2D eigenvalue weighted by Gasteiger charge is -2.20. The van der Waals surface area contributed by atoms with Gasteiger partial charge in [-0.3, -0.25) is 0 Å². The molecule has 6 rings (SSSR count). The van der Waals surface area contributed by atoms with Crippen LogP contribution >= 0.6 is 0 Å². The first-order valence-corrected chi connectivity index (χ1v) is 15.6. The van der Waals surface area contributed by atoms with E-state index < -0.39 is 5.97 Å². The van der Waals surface area contributed by atoms with Crippen LogP contribution in [0, 0.1) is 20.8 Å². The van der Waals surface area contributed by atoms with Crippen LogP contribution in [0.4, 0.5) is 0 Å². The third-order valence-corrected chi connectivity index (χ3v) is 8.44. The number of fused-ring (bicyclic) bond motifs is 1. The molecule has 1 saturated heterocycles. The Balaban J connectivity index is 0.000000182. The van der Waals surface area contributed by atoms with Gasteiger partial charge < -0.3 is 19.9 Å². The van der Waals surface area contributed by atoms with Crippen LogP contribution in [-0.4, -0.2) is 52.2 Å². The largest absolute Gasteiger partial charge is 0.480 e. The van der Waals surface area contributed by atoms with Crippen molar-refractivity contribution >= 4 is 5.97 Å². The molecule has 8 nitrogen and oxygen atoms in total. The molecule has 1 atom stereocenters. The Morgan fingerprint density at radius 3 is 2.55 bits per heavy atom. The maximum atomic E-state index is 11.2. The van der Waals surface area contributed by atoms with Crippen molar-refractivity contribution in [2.45, 2.75) is 79.4 Å². The van der Waals surface area contributed by atoms with E-state index in [9.17, 15) is 9.90 Å². The van der Waals surface area contributed by atoms with E-state index in [1.807, 2.05) is 24.3 Å². The molecule has 0 unspecified atom stereocenters. The Bertz CT molecular complexity index is 1560. The molecule has 2 aliphatic heterocycles. The first-order valence-electron chi connectivity index (χ1n) is 15.6. The summed E-state index contributed by atoms with van der Waals surface area (Å²) in [6.45, 7) is 13.9. The summed E-state index contributed by atoms with van der Waals surface area (Å²) >= 11 is 0. The molecule has 0 radical (unpaired) electrons. The minimum atomic E-state index is -1.09. The van der Waals surface area contributed by atoms with Gasteiger partial charge in [-0.15, -0.1) is 0 Å². The van der Waals surface area contributed by atoms with Crippen molar-refractivity contribution in [2.24, 2.45) is 0 Å². The Kier molecular flexibility index (Phi) is 11.7. The molecule has 0 bridgehead atoms. The third kappa shape index (κ3) is 7.92. The molecule has 0 spiro atoms. The minimum Gasteiger partial charge on any atom is -0.480 e. The maximum Gasteiger partial charge on any atom is 0.342 e. The quantitative estimate of drug-likeness (QED) is 0.254. The standard InChI is InChI=1S/C18H17N3O3.C12H17N.C6H12O/c1-11-6-4-7-13(12(11)2)15-8-5-9-16(20-15)21-17(24-3)14(10-19-21)18(22)23;1-3-10-4-5-11-8-13-7-6-12(11)9(10)2;1-6-4-2-3-5-7-6/h4-10H,1-3H3,(H,22,23);4-5,13H,3,6-8H2,1-2H3;6H,2-5H2,1H3/t;;6-/m..0/s1. The third-order valence-electron chi connectivity index (χ3n) is 8.44. The maximum absolute atomic E-state index is 11.2. The highest BCUT2D eigenvalue weighted by Crippen LogP contribution is 2.27. The fraction of sp³-hybridized carbons (Fsp3) is 0.417. The van der Waals surface area contributed by atoms with Crippen molar-refractivity contribution in [3.8, 4) is 23.0 Å². The van der Waals surface area contributed by atoms with Gasteiger partial charge in [-0.2, -0.15) is 9.78 Å². The molecule has 44 heavy (non-hydrogen) atoms. The average molecular weight is 599 g/mol. The number of aryl methyl sites for hydroxylation is 2. The normalized spacial score (nSPS) is 15.6. The highest BCUT2D eigenvalue weighted by molar-refractivity contribution is 5.90. The highest BCUT2D eigenvalue weighted by Gasteiger charge is 2.19. The molecule has 0 amide bonds. The van der Waals surface area contributed by atoms with Crippen LogP contribution in [0.25, 0.3) is 17.1 Å². The van der Waals surface area contributed by atoms with Gasteiger partial charge >= 0.3 is 5.97 Å². The Labute approximate surface area is 261 Å². The molecule has 2 N–H and O–H groups in total. The predicted molar refractivity (Wildman–Crippen MR) is 175 cm³/mol. The highest BCUT2D eigenvalue weighted by atomic mass is 16.5. The second kappa shape index (κ2) is 15.6. The molecule has 2 aliphatic rings. The second-order valence-electron chi connectivity index (χ2n) is 11.4. The smallest absolute Gasteiger partial charge is 0.342 e. The number of carbonyl (C=O) groups is 1. The zero-order valence-electron chi connectivity index (χ0n) is 26.9. The van der Waals surface area contributed by atoms with Crippen LogP contribution in [0.5, 0.6) is 5.88 Å². The monoisotopic (exact) mass is 598 g/mol. The van der Waals surface area contributed by atoms with E-state index >= 15 is 0 Å². The van der Waals surface area contributed by atoms with E-state index in [1.165, 1.54) is 65.9 Å². The SMILES string of the molecule is CCc1ccc2c(c1C)CCNC2.COc1c(C(=O)O)cnn1-c1cccc(-c2cccc(C)c2C)n1.C[C@H]1CCCCO1. The van der Waals surface area contributed by atoms with Gasteiger partial charge in [-0.05, 0) is 112 Å². The molecule has 234 valence electrons. The van der Waals surface area contributed by atoms with Crippen molar-refractivity contribution in [3.05, 3.63) is 93.7 Å². The minimum absolute atomic E-state index is 0.00330. The number of ether oxygens (including phenoxy) is 2. The first-order chi connectivity index (χ1) is 21.2. The van der Waals surface area contributed by atoms with Crippen molar-refractivity contribution in [2.75, 3.05) is 20.3 Å². The topological polar surface area (TPSA) is 98.5 Å². The van der Waals surface area contributed by atoms with Gasteiger partial charge in [0, 0.05) is 18.7 Å². The predicted octanol–water partition coefficient (Wildman–Crippen LogP) is 7.04. The van der Waals surface area contributed by atoms with E-state index in [2.05, 4.69) is 68.2 Å². The summed E-state index contributed by atoms with van der Waals surface area (Å²) in [4.78, 5) is 15.9. The number of methoxy groups -OCH3 is 1. The summed E-state index contributed by atoms with van der Waals surface area (Å²) < 4.78 is 11.9. The van der Waals surface area contributed by atoms with Gasteiger partial charge in [0.05, 0.1) is 25.1 Å². The number of pyridine rings is 1. The van der Waals surface area contributed by atoms with Crippen molar-refractivity contribution in [1.29, 1.82) is 0 Å². The number of aromatic nitrogens is 3. The fourth-order valence-corrected chi connectivity index (χ4v) is 5.66. The summed E-state index contributed by atoms with van der Waals surface area (Å²) in [6.07, 6.45) is 8.05. The molecule has 0 aliphatic carbocycles. The van der Waals surface area contributed by atoms with Gasteiger partial charge in [0.1, 0.15) is 5.56 Å². The van der Waals surface area contributed by atoms with E-state index in [1.54, 1.807) is 11.6 Å². The molecule has 0 saturated carbocycles. The number of rotatable bonds is 5. The number of nitrogens with zero attached hydrogens (tertiary/aromatic N) is 3. The molecule has 4 heterocycles. The average Bonchev–Trinajstić information content (AvgIpc) is 3.49. The van der Waals surface area contributed by atoms with Crippen LogP contribution in [0.15, 0.2) is 54.7 Å². The second-order valence-corrected chi connectivity index (χ2v) is 11.4. The number of hydrogen-bond acceptors (Lipinski definition) is 6. The number of nitrogens with one attached hydrogen (secondary N) is 1. The number of carboxylic acids is 1. The molecular formula is C36H46N4O4. The zero-order valence-corrected chi connectivity index (χ0v) is 26.9. The summed E-state index contributed by atoms with van der Waals surface area (Å²) in [6, 6.07) is 16.2. The summed E-state index contributed by atoms with van der Waals surface area (Å²) in [5, 5.41) is 16.7. The van der Waals surface area contributed by atoms with E-state index in [0.717, 1.165) is 42.9 Å². The van der Waals surface area contributed by atoms with Gasteiger partial charge in [0.15, 0.2) is 5.82 Å². The van der Waals surface area contributed by atoms with Crippen LogP contribution in [0.3, 0.4) is 0 Å². The summed E-state index contributed by atoms with van der Waals surface area (Å²) in [5.74, 6) is -0.449. The van der Waals surface area contributed by atoms with Gasteiger partial charge in [-0.25, -0.2) is 9.78 Å². The van der Waals surface area contributed by atoms with Gasteiger partial charge in [-0.1, -0.05) is 43.3 Å². The Hall–Kier alpha value is -4.01. The fourth-order valence-electron chi connectivity index (χ4n) is 5.66. The molecule has 1 fully saturated rings. The van der Waals surface area contributed by atoms with E-state index in [-0.39, 0.29) is 11.4 Å².